The molecule has 0 radical (unpaired) electrons. The van der Waals surface area contributed by atoms with E-state index in [0.717, 1.165) is 42.9 Å². The maximum Gasteiger partial charge on any atom is 0.0825 e. The summed E-state index contributed by atoms with van der Waals surface area (Å²) in [5.74, 6) is 0. The summed E-state index contributed by atoms with van der Waals surface area (Å²) >= 11 is 6.38. The van der Waals surface area contributed by atoms with E-state index in [1.54, 1.807) is 7.11 Å². The molecular formula is C16H25ClN2O. The molecule has 20 heavy (non-hydrogen) atoms. The lowest BCUT2D eigenvalue weighted by Crippen LogP contribution is -2.47. The summed E-state index contributed by atoms with van der Waals surface area (Å²) in [7, 11) is 1.79. The number of halogens is 1. The molecule has 0 aliphatic carbocycles. The highest BCUT2D eigenvalue weighted by atomic mass is 35.5. The van der Waals surface area contributed by atoms with Crippen LogP contribution >= 0.6 is 11.6 Å². The first-order valence-electron chi connectivity index (χ1n) is 7.28. The third-order valence-corrected chi connectivity index (χ3v) is 4.45. The van der Waals surface area contributed by atoms with E-state index in [4.69, 9.17) is 22.1 Å². The maximum atomic E-state index is 6.38. The fraction of sp³-hybridized carbons (Fsp3) is 0.625. The van der Waals surface area contributed by atoms with Crippen LogP contribution in [0.5, 0.6) is 0 Å². The number of nitrogens with two attached hydrogens (primary N) is 1. The van der Waals surface area contributed by atoms with Gasteiger partial charge in [0.15, 0.2) is 0 Å². The molecule has 2 unspecified atom stereocenters. The lowest BCUT2D eigenvalue weighted by Gasteiger charge is -2.40. The molecule has 1 aliphatic heterocycles. The second kappa shape index (κ2) is 6.33. The summed E-state index contributed by atoms with van der Waals surface area (Å²) in [5, 5.41) is 0.810. The van der Waals surface area contributed by atoms with E-state index in [0.29, 0.717) is 0 Å². The fourth-order valence-electron chi connectivity index (χ4n) is 2.84. The summed E-state index contributed by atoms with van der Waals surface area (Å²) in [5.41, 5.74) is 8.08. The van der Waals surface area contributed by atoms with Gasteiger partial charge in [-0.05, 0) is 50.8 Å². The summed E-state index contributed by atoms with van der Waals surface area (Å²) in [4.78, 5) is 2.36. The Morgan fingerprint density at radius 1 is 1.50 bits per heavy atom. The zero-order valence-electron chi connectivity index (χ0n) is 12.7. The predicted octanol–water partition coefficient (Wildman–Crippen LogP) is 3.24. The van der Waals surface area contributed by atoms with Gasteiger partial charge in [0.25, 0.3) is 0 Å². The molecular weight excluding hydrogens is 272 g/mol. The molecule has 1 saturated heterocycles. The van der Waals surface area contributed by atoms with Crippen LogP contribution in [0.3, 0.4) is 0 Å². The van der Waals surface area contributed by atoms with E-state index in [9.17, 15) is 0 Å². The van der Waals surface area contributed by atoms with Gasteiger partial charge in [0.2, 0.25) is 0 Å². The average molecular weight is 297 g/mol. The fourth-order valence-corrected chi connectivity index (χ4v) is 3.09. The van der Waals surface area contributed by atoms with Crippen LogP contribution < -0.4 is 10.6 Å². The van der Waals surface area contributed by atoms with E-state index in [1.165, 1.54) is 5.69 Å². The second-order valence-electron chi connectivity index (χ2n) is 6.14. The number of hydrogen-bond donors (Lipinski definition) is 1. The normalized spacial score (nSPS) is 24.8. The largest absolute Gasteiger partial charge is 0.377 e. The Hall–Kier alpha value is -0.770. The molecule has 1 fully saturated rings. The lowest BCUT2D eigenvalue weighted by molar-refractivity contribution is -0.00465. The van der Waals surface area contributed by atoms with E-state index in [1.807, 2.05) is 6.92 Å². The van der Waals surface area contributed by atoms with Gasteiger partial charge < -0.3 is 15.4 Å². The van der Waals surface area contributed by atoms with Gasteiger partial charge in [-0.2, -0.15) is 0 Å². The highest BCUT2D eigenvalue weighted by Crippen LogP contribution is 2.30. The topological polar surface area (TPSA) is 38.5 Å². The van der Waals surface area contributed by atoms with Crippen molar-refractivity contribution in [2.24, 2.45) is 5.73 Å². The number of nitrogens with zero attached hydrogens (tertiary/aromatic N) is 1. The zero-order chi connectivity index (χ0) is 14.8. The minimum Gasteiger partial charge on any atom is -0.377 e. The van der Waals surface area contributed by atoms with Crippen LogP contribution in [0.1, 0.15) is 32.3 Å². The Bertz CT molecular complexity index is 464. The Morgan fingerprint density at radius 2 is 2.25 bits per heavy atom. The van der Waals surface area contributed by atoms with Gasteiger partial charge in [0.05, 0.1) is 5.60 Å². The lowest BCUT2D eigenvalue weighted by atomic mass is 9.94. The minimum atomic E-state index is -0.0603. The van der Waals surface area contributed by atoms with Gasteiger partial charge >= 0.3 is 0 Å². The van der Waals surface area contributed by atoms with Crippen LogP contribution in [-0.2, 0) is 11.2 Å². The van der Waals surface area contributed by atoms with Crippen molar-refractivity contribution in [2.75, 3.05) is 25.1 Å². The predicted molar refractivity (Wildman–Crippen MR) is 85.7 cm³/mol. The third kappa shape index (κ3) is 3.66. The molecule has 0 bridgehead atoms. The first-order chi connectivity index (χ1) is 9.43. The first-order valence-corrected chi connectivity index (χ1v) is 7.65. The van der Waals surface area contributed by atoms with Crippen LogP contribution in [-0.4, -0.2) is 31.8 Å². The van der Waals surface area contributed by atoms with Crippen LogP contribution in [0.15, 0.2) is 18.2 Å². The molecule has 0 spiro atoms. The van der Waals surface area contributed by atoms with Gasteiger partial charge in [0.1, 0.15) is 0 Å². The van der Waals surface area contributed by atoms with E-state index in [-0.39, 0.29) is 11.6 Å². The van der Waals surface area contributed by atoms with Crippen LogP contribution in [0, 0.1) is 0 Å². The minimum absolute atomic E-state index is 0.0603. The molecule has 1 aromatic carbocycles. The molecule has 112 valence electrons. The monoisotopic (exact) mass is 296 g/mol. The number of piperidine rings is 1. The van der Waals surface area contributed by atoms with Crippen molar-refractivity contribution in [3.8, 4) is 0 Å². The number of methoxy groups -OCH3 is 1. The van der Waals surface area contributed by atoms with Gasteiger partial charge in [-0.3, -0.25) is 0 Å². The number of hydrogen-bond acceptors (Lipinski definition) is 3. The number of ether oxygens (including phenoxy) is 1. The smallest absolute Gasteiger partial charge is 0.0825 e. The summed E-state index contributed by atoms with van der Waals surface area (Å²) in [6, 6.07) is 6.43. The highest BCUT2D eigenvalue weighted by molar-refractivity contribution is 6.31. The van der Waals surface area contributed by atoms with Crippen LogP contribution in [0.25, 0.3) is 0 Å². The van der Waals surface area contributed by atoms with Crippen molar-refractivity contribution in [2.45, 2.75) is 44.8 Å². The zero-order valence-corrected chi connectivity index (χ0v) is 13.4. The second-order valence-corrected chi connectivity index (χ2v) is 6.54. The molecule has 0 aromatic heterocycles. The molecule has 1 aliphatic rings. The van der Waals surface area contributed by atoms with Crippen molar-refractivity contribution in [1.29, 1.82) is 0 Å². The van der Waals surface area contributed by atoms with Crippen molar-refractivity contribution >= 4 is 17.3 Å². The number of benzene rings is 1. The maximum absolute atomic E-state index is 6.38. The molecule has 3 nitrogen and oxygen atoms in total. The molecule has 4 heteroatoms. The first kappa shape index (κ1) is 15.6. The van der Waals surface area contributed by atoms with Gasteiger partial charge in [0, 0.05) is 37.0 Å². The standard InChI is InChI=1S/C16H25ClN2O/c1-12(18)9-13-5-6-14(10-15(13)17)19-8-4-7-16(2,11-19)20-3/h5-6,10,12H,4,7-9,11,18H2,1-3H3. The van der Waals surface area contributed by atoms with Crippen LogP contribution in [0.4, 0.5) is 5.69 Å². The highest BCUT2D eigenvalue weighted by Gasteiger charge is 2.30. The third-order valence-electron chi connectivity index (χ3n) is 4.10. The molecule has 0 saturated carbocycles. The van der Waals surface area contributed by atoms with Crippen molar-refractivity contribution < 1.29 is 4.74 Å². The Kier molecular flexibility index (Phi) is 4.95. The van der Waals surface area contributed by atoms with E-state index >= 15 is 0 Å². The Labute approximate surface area is 127 Å². The summed E-state index contributed by atoms with van der Waals surface area (Å²) < 4.78 is 5.65. The van der Waals surface area contributed by atoms with Crippen molar-refractivity contribution in [1.82, 2.24) is 0 Å². The van der Waals surface area contributed by atoms with Gasteiger partial charge in [-0.25, -0.2) is 0 Å². The molecule has 2 rings (SSSR count). The Morgan fingerprint density at radius 3 is 2.85 bits per heavy atom. The molecule has 2 atom stereocenters. The number of anilines is 1. The molecule has 2 N–H and O–H groups in total. The van der Waals surface area contributed by atoms with Gasteiger partial charge in [-0.15, -0.1) is 0 Å². The SMILES string of the molecule is COC1(C)CCCN(c2ccc(CC(C)N)c(Cl)c2)C1. The van der Waals surface area contributed by atoms with Gasteiger partial charge in [-0.1, -0.05) is 17.7 Å². The van der Waals surface area contributed by atoms with Crippen LogP contribution in [0.2, 0.25) is 5.02 Å². The van der Waals surface area contributed by atoms with Crippen molar-refractivity contribution in [3.05, 3.63) is 28.8 Å². The number of rotatable bonds is 4. The molecule has 1 aromatic rings. The Balaban J connectivity index is 2.15. The van der Waals surface area contributed by atoms with E-state index in [2.05, 4.69) is 30.0 Å². The van der Waals surface area contributed by atoms with Crippen molar-refractivity contribution in [3.63, 3.8) is 0 Å². The molecule has 0 amide bonds. The van der Waals surface area contributed by atoms with E-state index < -0.39 is 0 Å². The molecule has 1 heterocycles. The summed E-state index contributed by atoms with van der Waals surface area (Å²) in [6.45, 7) is 6.14. The summed E-state index contributed by atoms with van der Waals surface area (Å²) in [6.07, 6.45) is 3.06. The average Bonchev–Trinajstić information content (AvgIpc) is 2.41. The quantitative estimate of drug-likeness (QED) is 0.927.